The minimum atomic E-state index is 0.981. The fourth-order valence-corrected chi connectivity index (χ4v) is 5.36. The molecular formula is C40H41N. The van der Waals surface area contributed by atoms with Gasteiger partial charge in [-0.1, -0.05) is 116 Å². The van der Waals surface area contributed by atoms with Crippen molar-refractivity contribution in [1.29, 1.82) is 0 Å². The molecule has 41 heavy (non-hydrogen) atoms. The van der Waals surface area contributed by atoms with E-state index < -0.39 is 0 Å². The van der Waals surface area contributed by atoms with Crippen LogP contribution < -0.4 is 10.6 Å². The molecule has 1 heterocycles. The quantitative estimate of drug-likeness (QED) is 0.267. The highest BCUT2D eigenvalue weighted by Crippen LogP contribution is 2.31. The maximum atomic E-state index is 5.13. The Morgan fingerprint density at radius 3 is 2.39 bits per heavy atom. The van der Waals surface area contributed by atoms with Crippen molar-refractivity contribution < 1.29 is 0 Å². The Balaban J connectivity index is 1.94. The fourth-order valence-electron chi connectivity index (χ4n) is 5.36. The summed E-state index contributed by atoms with van der Waals surface area (Å²) in [5.74, 6) is 0. The SMILES string of the molecule is C=Cc1c(/C(C)=C/C=C(C)/C2=c3\ccc4ccccc4\c3=N\C(C)=C\CC\C=C\2)cc(/C=C\C=C/C)c(C)c1C=C. The number of nitrogens with zero attached hydrogens (tertiary/aromatic N) is 1. The summed E-state index contributed by atoms with van der Waals surface area (Å²) in [6.45, 7) is 18.9. The molecule has 0 aromatic heterocycles. The van der Waals surface area contributed by atoms with Crippen molar-refractivity contribution in [1.82, 2.24) is 0 Å². The first-order valence-electron chi connectivity index (χ1n) is 14.4. The van der Waals surface area contributed by atoms with Crippen LogP contribution in [0.2, 0.25) is 0 Å². The van der Waals surface area contributed by atoms with E-state index in [0.29, 0.717) is 0 Å². The molecule has 0 bridgehead atoms. The normalized spacial score (nSPS) is 19.0. The van der Waals surface area contributed by atoms with Crippen molar-refractivity contribution in [3.63, 3.8) is 0 Å². The predicted octanol–water partition coefficient (Wildman–Crippen LogP) is 10.1. The first-order chi connectivity index (χ1) is 19.9. The van der Waals surface area contributed by atoms with Gasteiger partial charge in [-0.3, -0.25) is 4.99 Å². The molecule has 0 aliphatic carbocycles. The van der Waals surface area contributed by atoms with Crippen LogP contribution in [0.1, 0.15) is 68.4 Å². The van der Waals surface area contributed by atoms with E-state index in [1.54, 1.807) is 0 Å². The highest BCUT2D eigenvalue weighted by molar-refractivity contribution is 5.85. The van der Waals surface area contributed by atoms with Crippen LogP contribution in [-0.4, -0.2) is 0 Å². The van der Waals surface area contributed by atoms with E-state index in [1.165, 1.54) is 44.2 Å². The average Bonchev–Trinajstić information content (AvgIpc) is 2.98. The van der Waals surface area contributed by atoms with E-state index in [2.05, 4.69) is 132 Å². The van der Waals surface area contributed by atoms with Crippen molar-refractivity contribution in [2.24, 2.45) is 4.99 Å². The van der Waals surface area contributed by atoms with Gasteiger partial charge in [0.1, 0.15) is 0 Å². The van der Waals surface area contributed by atoms with Crippen LogP contribution in [0, 0.1) is 6.92 Å². The van der Waals surface area contributed by atoms with Gasteiger partial charge in [-0.2, -0.15) is 0 Å². The summed E-state index contributed by atoms with van der Waals surface area (Å²) in [7, 11) is 0. The van der Waals surface area contributed by atoms with Gasteiger partial charge in [0.15, 0.2) is 0 Å². The molecule has 1 aliphatic rings. The number of hydrogen-bond donors (Lipinski definition) is 0. The molecule has 1 nitrogen and oxygen atoms in total. The molecule has 3 aromatic rings. The smallest absolute Gasteiger partial charge is 0.0789 e. The predicted molar refractivity (Wildman–Crippen MR) is 183 cm³/mol. The molecule has 0 atom stereocenters. The Hall–Kier alpha value is -4.49. The number of allylic oxidation sites excluding steroid dienone is 11. The topological polar surface area (TPSA) is 12.4 Å². The largest absolute Gasteiger partial charge is 0.253 e. The first-order valence-corrected chi connectivity index (χ1v) is 14.4. The third kappa shape index (κ3) is 6.64. The van der Waals surface area contributed by atoms with Crippen LogP contribution in [0.25, 0.3) is 40.1 Å². The van der Waals surface area contributed by atoms with Crippen molar-refractivity contribution in [3.8, 4) is 0 Å². The molecule has 0 amide bonds. The molecule has 0 saturated carbocycles. The molecule has 0 radical (unpaired) electrons. The second kappa shape index (κ2) is 13.7. The van der Waals surface area contributed by atoms with E-state index in [4.69, 9.17) is 4.99 Å². The molecule has 0 unspecified atom stereocenters. The van der Waals surface area contributed by atoms with Crippen LogP contribution in [0.5, 0.6) is 0 Å². The number of hydrogen-bond acceptors (Lipinski definition) is 1. The molecule has 4 rings (SSSR count). The number of rotatable bonds is 7. The number of benzene rings is 3. The fraction of sp³-hybridized carbons (Fsp3) is 0.175. The molecule has 1 aliphatic heterocycles. The zero-order valence-electron chi connectivity index (χ0n) is 25.2. The zero-order chi connectivity index (χ0) is 29.4. The Bertz CT molecular complexity index is 1800. The summed E-state index contributed by atoms with van der Waals surface area (Å²) in [6.07, 6.45) is 25.4. The van der Waals surface area contributed by atoms with Crippen molar-refractivity contribution in [2.45, 2.75) is 47.5 Å². The van der Waals surface area contributed by atoms with E-state index in [1.807, 2.05) is 25.2 Å². The molecule has 0 fully saturated rings. The van der Waals surface area contributed by atoms with Gasteiger partial charge in [-0.25, -0.2) is 0 Å². The molecule has 0 saturated heterocycles. The highest BCUT2D eigenvalue weighted by Gasteiger charge is 2.12. The Labute approximate surface area is 246 Å². The zero-order valence-corrected chi connectivity index (χ0v) is 25.2. The third-order valence-electron chi connectivity index (χ3n) is 7.67. The van der Waals surface area contributed by atoms with Gasteiger partial charge in [-0.05, 0) is 103 Å². The summed E-state index contributed by atoms with van der Waals surface area (Å²) in [5, 5.41) is 4.57. The molecule has 3 aromatic carbocycles. The highest BCUT2D eigenvalue weighted by atomic mass is 14.7. The van der Waals surface area contributed by atoms with Gasteiger partial charge in [-0.15, -0.1) is 0 Å². The minimum absolute atomic E-state index is 0.981. The Kier molecular flexibility index (Phi) is 9.87. The molecule has 0 N–H and O–H groups in total. The second-order valence-corrected chi connectivity index (χ2v) is 10.5. The second-order valence-electron chi connectivity index (χ2n) is 10.5. The lowest BCUT2D eigenvalue weighted by Crippen LogP contribution is -2.28. The van der Waals surface area contributed by atoms with Gasteiger partial charge in [0, 0.05) is 16.3 Å². The van der Waals surface area contributed by atoms with Gasteiger partial charge in [0.2, 0.25) is 0 Å². The summed E-state index contributed by atoms with van der Waals surface area (Å²) >= 11 is 0. The van der Waals surface area contributed by atoms with Crippen LogP contribution >= 0.6 is 0 Å². The molecular weight excluding hydrogens is 494 g/mol. The van der Waals surface area contributed by atoms with Gasteiger partial charge in [0.25, 0.3) is 0 Å². The third-order valence-corrected chi connectivity index (χ3v) is 7.67. The average molecular weight is 536 g/mol. The monoisotopic (exact) mass is 535 g/mol. The first kappa shape index (κ1) is 29.5. The van der Waals surface area contributed by atoms with Crippen molar-refractivity contribution in [2.75, 3.05) is 0 Å². The van der Waals surface area contributed by atoms with E-state index in [0.717, 1.165) is 40.2 Å². The molecule has 1 heteroatoms. The lowest BCUT2D eigenvalue weighted by Gasteiger charge is -2.16. The number of fused-ring (bicyclic) bond motifs is 3. The van der Waals surface area contributed by atoms with Crippen LogP contribution in [0.3, 0.4) is 0 Å². The maximum Gasteiger partial charge on any atom is 0.0789 e. The van der Waals surface area contributed by atoms with Gasteiger partial charge < -0.3 is 0 Å². The van der Waals surface area contributed by atoms with Crippen LogP contribution in [0.4, 0.5) is 0 Å². The molecule has 0 spiro atoms. The van der Waals surface area contributed by atoms with E-state index in [9.17, 15) is 0 Å². The lowest BCUT2D eigenvalue weighted by atomic mass is 9.88. The van der Waals surface area contributed by atoms with Crippen molar-refractivity contribution >= 4 is 40.1 Å². The molecule has 206 valence electrons. The Morgan fingerprint density at radius 2 is 1.63 bits per heavy atom. The minimum Gasteiger partial charge on any atom is -0.253 e. The lowest BCUT2D eigenvalue weighted by molar-refractivity contribution is 1.02. The standard InChI is InChI=1S/C40H41N/c1-8-11-13-20-33-27-39(35(10-3)34(9-2)31(33)7)29(5)24-23-28(4)36-21-15-12-14-18-30(6)41-40-37-22-17-16-19-32(37)25-26-38(36)40/h8-11,13,15-27H,2-3,12,14H2,1,4-7H3/b11-8-,20-13-,21-15+,28-23+,29-24+,30-18+,38-36+,41-40-. The van der Waals surface area contributed by atoms with Gasteiger partial charge in [0.05, 0.1) is 5.36 Å². The maximum absolute atomic E-state index is 5.13. The van der Waals surface area contributed by atoms with Crippen molar-refractivity contribution in [3.05, 3.63) is 154 Å². The van der Waals surface area contributed by atoms with Crippen LogP contribution in [0.15, 0.2) is 120 Å². The van der Waals surface area contributed by atoms with Crippen LogP contribution in [-0.2, 0) is 0 Å². The Morgan fingerprint density at radius 1 is 0.878 bits per heavy atom. The van der Waals surface area contributed by atoms with Gasteiger partial charge >= 0.3 is 0 Å². The summed E-state index contributed by atoms with van der Waals surface area (Å²) in [6, 6.07) is 15.2. The van der Waals surface area contributed by atoms with E-state index >= 15 is 0 Å². The van der Waals surface area contributed by atoms with E-state index in [-0.39, 0.29) is 0 Å². The summed E-state index contributed by atoms with van der Waals surface area (Å²) < 4.78 is 0. The summed E-state index contributed by atoms with van der Waals surface area (Å²) in [4.78, 5) is 5.13. The summed E-state index contributed by atoms with van der Waals surface area (Å²) in [5.41, 5.74) is 10.4.